The van der Waals surface area contributed by atoms with Gasteiger partial charge in [0.25, 0.3) is 0 Å². The highest BCUT2D eigenvalue weighted by Gasteiger charge is 2.54. The Kier molecular flexibility index (Phi) is 4.28. The molecule has 0 fully saturated rings. The van der Waals surface area contributed by atoms with E-state index in [1.165, 1.54) is 6.08 Å². The lowest BCUT2D eigenvalue weighted by molar-refractivity contribution is -0.162. The zero-order valence-electron chi connectivity index (χ0n) is 11.2. The van der Waals surface area contributed by atoms with Gasteiger partial charge < -0.3 is 21.1 Å². The summed E-state index contributed by atoms with van der Waals surface area (Å²) in [6.45, 7) is 2.07. The van der Waals surface area contributed by atoms with Crippen molar-refractivity contribution in [3.05, 3.63) is 23.8 Å². The van der Waals surface area contributed by atoms with Gasteiger partial charge in [-0.05, 0) is 38.0 Å². The first-order chi connectivity index (χ1) is 9.04. The Morgan fingerprint density at radius 3 is 2.10 bits per heavy atom. The van der Waals surface area contributed by atoms with Crippen LogP contribution >= 0.6 is 0 Å². The number of Topliss-reactive ketones (excluding diaryl/α,β-unsaturated/α-hetero) is 2. The second kappa shape index (κ2) is 5.28. The molecule has 0 aliphatic heterocycles. The predicted octanol–water partition coefficient (Wildman–Crippen LogP) is -1.08. The predicted molar refractivity (Wildman–Crippen MR) is 68.7 cm³/mol. The van der Waals surface area contributed by atoms with Crippen LogP contribution in [0.25, 0.3) is 0 Å². The quantitative estimate of drug-likeness (QED) is 0.503. The van der Waals surface area contributed by atoms with Gasteiger partial charge in [-0.15, -0.1) is 0 Å². The van der Waals surface area contributed by atoms with Crippen molar-refractivity contribution >= 4 is 17.5 Å². The van der Waals surface area contributed by atoms with Crippen molar-refractivity contribution in [1.82, 2.24) is 0 Å². The van der Waals surface area contributed by atoms with Crippen molar-refractivity contribution in [2.45, 2.75) is 37.5 Å². The topological polar surface area (TPSA) is 138 Å². The van der Waals surface area contributed by atoms with Gasteiger partial charge in [-0.25, -0.2) is 0 Å². The van der Waals surface area contributed by atoms with Gasteiger partial charge in [0.15, 0.2) is 22.8 Å². The number of rotatable bonds is 5. The summed E-state index contributed by atoms with van der Waals surface area (Å²) in [5.41, 5.74) is 0.828. The van der Waals surface area contributed by atoms with Crippen LogP contribution in [-0.2, 0) is 14.4 Å². The molecule has 0 amide bonds. The normalized spacial score (nSPS) is 30.6. The summed E-state index contributed by atoms with van der Waals surface area (Å²) >= 11 is 0. The third-order valence-corrected chi connectivity index (χ3v) is 3.36. The number of aliphatic carboxylic acids is 1. The highest BCUT2D eigenvalue weighted by molar-refractivity contribution is 6.01. The molecule has 0 aromatic carbocycles. The maximum Gasteiger partial charge on any atom is 0.320 e. The Labute approximate surface area is 115 Å². The van der Waals surface area contributed by atoms with Gasteiger partial charge in [0.2, 0.25) is 0 Å². The number of carbonyl (C=O) groups excluding carboxylic acids is 2. The highest BCUT2D eigenvalue weighted by Crippen LogP contribution is 2.34. The number of hydrogen-bond acceptors (Lipinski definition) is 6. The maximum absolute atomic E-state index is 11.6. The minimum Gasteiger partial charge on any atom is -0.480 e. The highest BCUT2D eigenvalue weighted by atomic mass is 16.4. The molecule has 7 heteroatoms. The zero-order chi connectivity index (χ0) is 15.7. The molecule has 1 aliphatic carbocycles. The SMILES string of the molecule is CC(=O)C1(O)C=CC(CC(N)C(=O)O)=CC1(O)C(C)=O. The molecule has 0 radical (unpaired) electrons. The number of carbonyl (C=O) groups is 3. The molecule has 1 aliphatic rings. The molecular formula is C13H17NO6. The van der Waals surface area contributed by atoms with Gasteiger partial charge in [-0.2, -0.15) is 0 Å². The Bertz CT molecular complexity index is 523. The van der Waals surface area contributed by atoms with Crippen molar-refractivity contribution in [2.24, 2.45) is 5.73 Å². The molecule has 3 unspecified atom stereocenters. The molecular weight excluding hydrogens is 266 g/mol. The molecule has 0 aromatic rings. The van der Waals surface area contributed by atoms with Crippen molar-refractivity contribution in [1.29, 1.82) is 0 Å². The van der Waals surface area contributed by atoms with E-state index in [9.17, 15) is 24.6 Å². The van der Waals surface area contributed by atoms with Crippen LogP contribution in [0, 0.1) is 0 Å². The average Bonchev–Trinajstić information content (AvgIpc) is 2.33. The molecule has 0 aromatic heterocycles. The molecule has 7 nitrogen and oxygen atoms in total. The molecule has 5 N–H and O–H groups in total. The third kappa shape index (κ3) is 2.55. The number of carboxylic acid groups (broad SMARTS) is 1. The van der Waals surface area contributed by atoms with E-state index in [0.717, 1.165) is 26.0 Å². The van der Waals surface area contributed by atoms with Crippen molar-refractivity contribution in [2.75, 3.05) is 0 Å². The van der Waals surface area contributed by atoms with E-state index in [4.69, 9.17) is 10.8 Å². The first-order valence-corrected chi connectivity index (χ1v) is 5.91. The van der Waals surface area contributed by atoms with Crippen molar-refractivity contribution in [3.63, 3.8) is 0 Å². The van der Waals surface area contributed by atoms with Crippen LogP contribution in [0.15, 0.2) is 23.8 Å². The minimum atomic E-state index is -2.43. The van der Waals surface area contributed by atoms with Crippen LogP contribution in [-0.4, -0.2) is 50.1 Å². The van der Waals surface area contributed by atoms with Gasteiger partial charge in [0.05, 0.1) is 0 Å². The van der Waals surface area contributed by atoms with Crippen LogP contribution < -0.4 is 5.73 Å². The average molecular weight is 283 g/mol. The summed E-state index contributed by atoms with van der Waals surface area (Å²) in [5.74, 6) is -2.87. The summed E-state index contributed by atoms with van der Waals surface area (Å²) in [6.07, 6.45) is 3.11. The molecule has 3 atom stereocenters. The minimum absolute atomic E-state index is 0.143. The van der Waals surface area contributed by atoms with Crippen LogP contribution in [0.4, 0.5) is 0 Å². The van der Waals surface area contributed by atoms with Crippen LogP contribution in [0.2, 0.25) is 0 Å². The third-order valence-electron chi connectivity index (χ3n) is 3.36. The lowest BCUT2D eigenvalue weighted by Gasteiger charge is -2.38. The Balaban J connectivity index is 3.21. The summed E-state index contributed by atoms with van der Waals surface area (Å²) < 4.78 is 0. The van der Waals surface area contributed by atoms with Gasteiger partial charge >= 0.3 is 5.97 Å². The number of ketones is 2. The van der Waals surface area contributed by atoms with Gasteiger partial charge in [-0.1, -0.05) is 6.08 Å². The fourth-order valence-electron chi connectivity index (χ4n) is 2.01. The molecule has 0 bridgehead atoms. The molecule has 1 rings (SSSR count). The summed E-state index contributed by atoms with van der Waals surface area (Å²) in [5, 5.41) is 29.3. The zero-order valence-corrected chi connectivity index (χ0v) is 11.2. The maximum atomic E-state index is 11.6. The van der Waals surface area contributed by atoms with Gasteiger partial charge in [0, 0.05) is 0 Å². The standard InChI is InChI=1S/C13H17NO6/c1-7(15)12(19)4-3-9(5-10(14)11(17)18)6-13(12,20)8(2)16/h3-4,6,10,19-20H,5,14H2,1-2H3,(H,17,18). The van der Waals surface area contributed by atoms with Crippen molar-refractivity contribution in [3.8, 4) is 0 Å². The Morgan fingerprint density at radius 1 is 1.20 bits per heavy atom. The molecule has 0 heterocycles. The summed E-state index contributed by atoms with van der Waals surface area (Å²) in [7, 11) is 0. The lowest BCUT2D eigenvalue weighted by Crippen LogP contribution is -2.61. The number of aliphatic hydroxyl groups is 2. The van der Waals surface area contributed by atoms with Gasteiger partial charge in [0.1, 0.15) is 6.04 Å². The monoisotopic (exact) mass is 283 g/mol. The number of carboxylic acids is 1. The number of allylic oxidation sites excluding steroid dienone is 1. The van der Waals surface area contributed by atoms with Crippen LogP contribution in [0.5, 0.6) is 0 Å². The van der Waals surface area contributed by atoms with E-state index in [0.29, 0.717) is 0 Å². The van der Waals surface area contributed by atoms with E-state index in [1.807, 2.05) is 0 Å². The first-order valence-electron chi connectivity index (χ1n) is 5.91. The second-order valence-corrected chi connectivity index (χ2v) is 4.85. The van der Waals surface area contributed by atoms with Crippen LogP contribution in [0.1, 0.15) is 20.3 Å². The fourth-order valence-corrected chi connectivity index (χ4v) is 2.01. The largest absolute Gasteiger partial charge is 0.480 e. The number of nitrogens with two attached hydrogens (primary N) is 1. The summed E-state index contributed by atoms with van der Waals surface area (Å²) in [6, 6.07) is -1.22. The lowest BCUT2D eigenvalue weighted by atomic mass is 9.72. The molecule has 20 heavy (non-hydrogen) atoms. The Hall–Kier alpha value is -1.83. The molecule has 0 saturated carbocycles. The Morgan fingerprint density at radius 2 is 1.70 bits per heavy atom. The molecule has 0 spiro atoms. The van der Waals surface area contributed by atoms with E-state index >= 15 is 0 Å². The summed E-state index contributed by atoms with van der Waals surface area (Å²) in [4.78, 5) is 33.8. The van der Waals surface area contributed by atoms with E-state index < -0.39 is 34.8 Å². The second-order valence-electron chi connectivity index (χ2n) is 4.85. The number of hydrogen-bond donors (Lipinski definition) is 4. The van der Waals surface area contributed by atoms with Crippen molar-refractivity contribution < 1.29 is 29.7 Å². The van der Waals surface area contributed by atoms with Gasteiger partial charge in [-0.3, -0.25) is 14.4 Å². The molecule has 110 valence electrons. The van der Waals surface area contributed by atoms with E-state index in [2.05, 4.69) is 0 Å². The van der Waals surface area contributed by atoms with Crippen LogP contribution in [0.3, 0.4) is 0 Å². The van der Waals surface area contributed by atoms with E-state index in [-0.39, 0.29) is 12.0 Å². The fraction of sp³-hybridized carbons (Fsp3) is 0.462. The first kappa shape index (κ1) is 16.2. The van der Waals surface area contributed by atoms with E-state index in [1.54, 1.807) is 0 Å². The molecule has 0 saturated heterocycles. The smallest absolute Gasteiger partial charge is 0.320 e.